The fraction of sp³-hybridized carbons (Fsp3) is 0.400. The second-order valence-electron chi connectivity index (χ2n) is 2.43. The van der Waals surface area contributed by atoms with Crippen LogP contribution in [0.15, 0.2) is 22.8 Å². The Bertz CT molecular complexity index is 253. The topological polar surface area (TPSA) is 25.2 Å². The number of hydrogen-bond acceptors (Lipinski definition) is 2. The van der Waals surface area contributed by atoms with Gasteiger partial charge in [0.05, 0.1) is 12.8 Å². The molecule has 12 heavy (non-hydrogen) atoms. The number of nitrogens with one attached hydrogen (secondary N) is 1. The standard InChI is InChI=1S/C10H13NO/c1-2-3-7-11-8-6-10-5-4-9-12-10/h4-5,9,11H,6-8H2,1H3. The van der Waals surface area contributed by atoms with E-state index in [0.717, 1.165) is 25.3 Å². The molecular formula is C10H13NO. The second kappa shape index (κ2) is 5.45. The van der Waals surface area contributed by atoms with Crippen LogP contribution in [-0.4, -0.2) is 13.1 Å². The third-order valence-electron chi connectivity index (χ3n) is 1.52. The van der Waals surface area contributed by atoms with E-state index in [2.05, 4.69) is 17.2 Å². The lowest BCUT2D eigenvalue weighted by Gasteiger charge is -1.96. The van der Waals surface area contributed by atoms with E-state index in [0.29, 0.717) is 0 Å². The van der Waals surface area contributed by atoms with Gasteiger partial charge in [0.1, 0.15) is 5.76 Å². The van der Waals surface area contributed by atoms with Crippen LogP contribution in [0.1, 0.15) is 12.7 Å². The van der Waals surface area contributed by atoms with Crippen molar-refractivity contribution in [2.75, 3.05) is 13.1 Å². The van der Waals surface area contributed by atoms with Crippen molar-refractivity contribution in [3.8, 4) is 11.8 Å². The molecule has 2 heteroatoms. The van der Waals surface area contributed by atoms with Gasteiger partial charge >= 0.3 is 0 Å². The molecule has 1 aromatic rings. The summed E-state index contributed by atoms with van der Waals surface area (Å²) in [6.45, 7) is 3.52. The summed E-state index contributed by atoms with van der Waals surface area (Å²) in [6.07, 6.45) is 2.62. The van der Waals surface area contributed by atoms with Crippen molar-refractivity contribution >= 4 is 0 Å². The van der Waals surface area contributed by atoms with Crippen molar-refractivity contribution in [3.63, 3.8) is 0 Å². The van der Waals surface area contributed by atoms with Crippen LogP contribution in [0.4, 0.5) is 0 Å². The molecule has 0 fully saturated rings. The van der Waals surface area contributed by atoms with Gasteiger partial charge in [-0.3, -0.25) is 0 Å². The third kappa shape index (κ3) is 3.27. The molecule has 1 N–H and O–H groups in total. The highest BCUT2D eigenvalue weighted by molar-refractivity contribution is 5.00. The average Bonchev–Trinajstić information content (AvgIpc) is 2.57. The molecule has 0 aliphatic heterocycles. The van der Waals surface area contributed by atoms with Gasteiger partial charge < -0.3 is 9.73 Å². The zero-order valence-corrected chi connectivity index (χ0v) is 7.26. The largest absolute Gasteiger partial charge is 0.469 e. The highest BCUT2D eigenvalue weighted by Crippen LogP contribution is 1.98. The summed E-state index contributed by atoms with van der Waals surface area (Å²) in [5.41, 5.74) is 0. The summed E-state index contributed by atoms with van der Waals surface area (Å²) in [6, 6.07) is 3.88. The molecule has 0 unspecified atom stereocenters. The number of rotatable bonds is 4. The van der Waals surface area contributed by atoms with Gasteiger partial charge in [-0.1, -0.05) is 5.92 Å². The Morgan fingerprint density at radius 1 is 1.58 bits per heavy atom. The number of hydrogen-bond donors (Lipinski definition) is 1. The number of furan rings is 1. The van der Waals surface area contributed by atoms with Crippen molar-refractivity contribution < 1.29 is 4.42 Å². The molecule has 0 saturated heterocycles. The van der Waals surface area contributed by atoms with E-state index < -0.39 is 0 Å². The summed E-state index contributed by atoms with van der Waals surface area (Å²) in [5.74, 6) is 6.78. The first kappa shape index (κ1) is 8.89. The van der Waals surface area contributed by atoms with E-state index in [1.807, 2.05) is 19.1 Å². The van der Waals surface area contributed by atoms with Crippen molar-refractivity contribution in [2.24, 2.45) is 0 Å². The zero-order chi connectivity index (χ0) is 8.65. The van der Waals surface area contributed by atoms with Crippen LogP contribution in [0.2, 0.25) is 0 Å². The van der Waals surface area contributed by atoms with Gasteiger partial charge in [0.2, 0.25) is 0 Å². The Morgan fingerprint density at radius 2 is 2.50 bits per heavy atom. The first-order valence-electron chi connectivity index (χ1n) is 4.06. The minimum atomic E-state index is 0.761. The molecule has 1 rings (SSSR count). The molecule has 1 heterocycles. The van der Waals surface area contributed by atoms with Gasteiger partial charge in [0.15, 0.2) is 0 Å². The monoisotopic (exact) mass is 163 g/mol. The molecule has 0 aromatic carbocycles. The summed E-state index contributed by atoms with van der Waals surface area (Å²) >= 11 is 0. The molecule has 0 aliphatic carbocycles. The molecule has 0 aliphatic rings. The lowest BCUT2D eigenvalue weighted by atomic mass is 10.3. The van der Waals surface area contributed by atoms with E-state index in [1.54, 1.807) is 6.26 Å². The molecule has 2 nitrogen and oxygen atoms in total. The van der Waals surface area contributed by atoms with Gasteiger partial charge in [0, 0.05) is 13.0 Å². The second-order valence-corrected chi connectivity index (χ2v) is 2.43. The van der Waals surface area contributed by atoms with Crippen LogP contribution >= 0.6 is 0 Å². The van der Waals surface area contributed by atoms with Gasteiger partial charge in [-0.25, -0.2) is 0 Å². The molecule has 0 spiro atoms. The molecule has 0 radical (unpaired) electrons. The average molecular weight is 163 g/mol. The Hall–Kier alpha value is -1.20. The first-order valence-corrected chi connectivity index (χ1v) is 4.06. The minimum Gasteiger partial charge on any atom is -0.469 e. The quantitative estimate of drug-likeness (QED) is 0.536. The SMILES string of the molecule is CC#CCNCCc1ccco1. The zero-order valence-electron chi connectivity index (χ0n) is 7.26. The molecule has 64 valence electrons. The van der Waals surface area contributed by atoms with E-state index in [1.165, 1.54) is 0 Å². The maximum absolute atomic E-state index is 5.16. The van der Waals surface area contributed by atoms with Crippen molar-refractivity contribution in [3.05, 3.63) is 24.2 Å². The summed E-state index contributed by atoms with van der Waals surface area (Å²) in [7, 11) is 0. The molecule has 1 aromatic heterocycles. The highest BCUT2D eigenvalue weighted by Gasteiger charge is 1.92. The Labute approximate surface area is 73.0 Å². The normalized spacial score (nSPS) is 9.08. The van der Waals surface area contributed by atoms with Gasteiger partial charge in [-0.15, -0.1) is 5.92 Å². The molecular weight excluding hydrogens is 150 g/mol. The predicted molar refractivity (Wildman–Crippen MR) is 48.7 cm³/mol. The van der Waals surface area contributed by atoms with E-state index in [-0.39, 0.29) is 0 Å². The molecule has 0 atom stereocenters. The highest BCUT2D eigenvalue weighted by atomic mass is 16.3. The van der Waals surface area contributed by atoms with Gasteiger partial charge in [-0.2, -0.15) is 0 Å². The lowest BCUT2D eigenvalue weighted by Crippen LogP contribution is -2.16. The maximum Gasteiger partial charge on any atom is 0.105 e. The minimum absolute atomic E-state index is 0.761. The van der Waals surface area contributed by atoms with E-state index >= 15 is 0 Å². The van der Waals surface area contributed by atoms with Crippen LogP contribution in [0.25, 0.3) is 0 Å². The van der Waals surface area contributed by atoms with Crippen molar-refractivity contribution in [2.45, 2.75) is 13.3 Å². The maximum atomic E-state index is 5.16. The van der Waals surface area contributed by atoms with Crippen LogP contribution in [0.3, 0.4) is 0 Å². The van der Waals surface area contributed by atoms with Crippen molar-refractivity contribution in [1.82, 2.24) is 5.32 Å². The molecule has 0 bridgehead atoms. The summed E-state index contributed by atoms with van der Waals surface area (Å²) < 4.78 is 5.16. The summed E-state index contributed by atoms with van der Waals surface area (Å²) in [5, 5.41) is 3.19. The Kier molecular flexibility index (Phi) is 4.04. The van der Waals surface area contributed by atoms with Gasteiger partial charge in [0.25, 0.3) is 0 Å². The first-order chi connectivity index (χ1) is 5.93. The predicted octanol–water partition coefficient (Wildman–Crippen LogP) is 1.44. The van der Waals surface area contributed by atoms with Crippen molar-refractivity contribution in [1.29, 1.82) is 0 Å². The van der Waals surface area contributed by atoms with Crippen LogP contribution in [0, 0.1) is 11.8 Å². The van der Waals surface area contributed by atoms with Gasteiger partial charge in [-0.05, 0) is 19.1 Å². The third-order valence-corrected chi connectivity index (χ3v) is 1.52. The van der Waals surface area contributed by atoms with E-state index in [9.17, 15) is 0 Å². The Balaban J connectivity index is 2.06. The van der Waals surface area contributed by atoms with E-state index in [4.69, 9.17) is 4.42 Å². The fourth-order valence-electron chi connectivity index (χ4n) is 0.906. The molecule has 0 saturated carbocycles. The summed E-state index contributed by atoms with van der Waals surface area (Å²) in [4.78, 5) is 0. The smallest absolute Gasteiger partial charge is 0.105 e. The Morgan fingerprint density at radius 3 is 3.17 bits per heavy atom. The van der Waals surface area contributed by atoms with Crippen LogP contribution in [0.5, 0.6) is 0 Å². The van der Waals surface area contributed by atoms with Crippen LogP contribution < -0.4 is 5.32 Å². The lowest BCUT2D eigenvalue weighted by molar-refractivity contribution is 0.502. The van der Waals surface area contributed by atoms with Crippen LogP contribution in [-0.2, 0) is 6.42 Å². The fourth-order valence-corrected chi connectivity index (χ4v) is 0.906. The molecule has 0 amide bonds.